The molecule has 5 heteroatoms. The molecule has 0 spiro atoms. The van der Waals surface area contributed by atoms with Gasteiger partial charge in [0, 0.05) is 32.9 Å². The van der Waals surface area contributed by atoms with E-state index < -0.39 is 8.07 Å². The summed E-state index contributed by atoms with van der Waals surface area (Å²) in [5, 5.41) is 29.4. The topological polar surface area (TPSA) is 57.4 Å². The standard InChI is InChI=1S/C50H30N4Si/c51-31-33-23-25-47-43(27-33)39-15-1-5-19-45(39)53(47)35-11-9-13-37(29-35)55(49-21-7-3-17-41(49)42-18-4-8-22-50(42)55)38-14-10-12-36(30-38)54-46-20-6-2-16-40(46)44-28-34(32-52)24-26-48(44)54/h1-30H. The first-order valence-electron chi connectivity index (χ1n) is 18.5. The van der Waals surface area contributed by atoms with E-state index in [1.807, 2.05) is 24.3 Å². The summed E-state index contributed by atoms with van der Waals surface area (Å²) >= 11 is 0. The summed E-state index contributed by atoms with van der Waals surface area (Å²) < 4.78 is 4.71. The van der Waals surface area contributed by atoms with Crippen LogP contribution in [0, 0.1) is 22.7 Å². The van der Waals surface area contributed by atoms with Crippen molar-refractivity contribution in [3.05, 3.63) is 193 Å². The fraction of sp³-hybridized carbons (Fsp3) is 0. The van der Waals surface area contributed by atoms with Crippen LogP contribution in [-0.4, -0.2) is 17.2 Å². The minimum atomic E-state index is -2.93. The highest BCUT2D eigenvalue weighted by molar-refractivity contribution is 7.22. The molecule has 1 aliphatic rings. The summed E-state index contributed by atoms with van der Waals surface area (Å²) in [6.45, 7) is 0. The lowest BCUT2D eigenvalue weighted by Gasteiger charge is -2.32. The molecule has 2 aromatic heterocycles. The summed E-state index contributed by atoms with van der Waals surface area (Å²) in [7, 11) is -2.93. The minimum absolute atomic E-state index is 0.656. The predicted octanol–water partition coefficient (Wildman–Crippen LogP) is 8.98. The van der Waals surface area contributed by atoms with Crippen LogP contribution in [0.2, 0.25) is 0 Å². The largest absolute Gasteiger partial charge is 0.309 e. The molecule has 0 N–H and O–H groups in total. The van der Waals surface area contributed by atoms with E-state index in [1.54, 1.807) is 0 Å². The van der Waals surface area contributed by atoms with Gasteiger partial charge in [-0.3, -0.25) is 0 Å². The van der Waals surface area contributed by atoms with E-state index in [2.05, 4.69) is 179 Å². The Labute approximate surface area is 318 Å². The lowest BCUT2D eigenvalue weighted by molar-refractivity contribution is 1.18. The van der Waals surface area contributed by atoms with E-state index in [-0.39, 0.29) is 0 Å². The average Bonchev–Trinajstić information content (AvgIpc) is 3.87. The van der Waals surface area contributed by atoms with Crippen LogP contribution in [-0.2, 0) is 0 Å². The molecule has 254 valence electrons. The summed E-state index contributed by atoms with van der Waals surface area (Å²) in [6, 6.07) is 70.1. The summed E-state index contributed by atoms with van der Waals surface area (Å²) in [5.74, 6) is 0. The average molecular weight is 715 g/mol. The fourth-order valence-electron chi connectivity index (χ4n) is 9.42. The molecule has 11 rings (SSSR count). The Morgan fingerprint density at radius 3 is 1.25 bits per heavy atom. The van der Waals surface area contributed by atoms with Crippen LogP contribution < -0.4 is 20.7 Å². The normalized spacial score (nSPS) is 12.8. The van der Waals surface area contributed by atoms with E-state index in [0.29, 0.717) is 11.1 Å². The van der Waals surface area contributed by atoms with E-state index >= 15 is 0 Å². The fourth-order valence-corrected chi connectivity index (χ4v) is 14.6. The number of aromatic nitrogens is 2. The van der Waals surface area contributed by atoms with Gasteiger partial charge in [0.2, 0.25) is 0 Å². The van der Waals surface area contributed by atoms with Gasteiger partial charge in [-0.2, -0.15) is 10.5 Å². The van der Waals surface area contributed by atoms with Crippen LogP contribution in [0.15, 0.2) is 182 Å². The van der Waals surface area contributed by atoms with Crippen molar-refractivity contribution in [1.29, 1.82) is 10.5 Å². The molecule has 0 radical (unpaired) electrons. The predicted molar refractivity (Wildman–Crippen MR) is 227 cm³/mol. The van der Waals surface area contributed by atoms with Gasteiger partial charge in [0.1, 0.15) is 0 Å². The van der Waals surface area contributed by atoms with Gasteiger partial charge in [-0.05, 0) is 105 Å². The van der Waals surface area contributed by atoms with Crippen LogP contribution in [0.25, 0.3) is 66.1 Å². The van der Waals surface area contributed by atoms with Crippen molar-refractivity contribution in [3.8, 4) is 34.6 Å². The maximum Gasteiger partial charge on any atom is 0.181 e. The van der Waals surface area contributed by atoms with Crippen LogP contribution in [0.5, 0.6) is 0 Å². The molecule has 8 aromatic carbocycles. The molecule has 3 heterocycles. The van der Waals surface area contributed by atoms with Gasteiger partial charge >= 0.3 is 0 Å². The minimum Gasteiger partial charge on any atom is -0.309 e. The summed E-state index contributed by atoms with van der Waals surface area (Å²) in [4.78, 5) is 0. The second-order valence-corrected chi connectivity index (χ2v) is 18.1. The van der Waals surface area contributed by atoms with Gasteiger partial charge in [0.25, 0.3) is 0 Å². The first-order chi connectivity index (χ1) is 27.2. The lowest BCUT2D eigenvalue weighted by Crippen LogP contribution is -2.72. The highest BCUT2D eigenvalue weighted by Crippen LogP contribution is 2.35. The second kappa shape index (κ2) is 11.8. The number of hydrogen-bond donors (Lipinski definition) is 0. The Kier molecular flexibility index (Phi) is 6.67. The molecule has 0 saturated carbocycles. The number of para-hydroxylation sites is 2. The molecule has 0 unspecified atom stereocenters. The third kappa shape index (κ3) is 4.30. The molecule has 0 fully saturated rings. The second-order valence-electron chi connectivity index (χ2n) is 14.3. The summed E-state index contributed by atoms with van der Waals surface area (Å²) in [5.41, 5.74) is 10.5. The third-order valence-electron chi connectivity index (χ3n) is 11.6. The maximum atomic E-state index is 9.79. The molecule has 1 aliphatic heterocycles. The van der Waals surface area contributed by atoms with E-state index in [4.69, 9.17) is 0 Å². The molecule has 10 aromatic rings. The van der Waals surface area contributed by atoms with Gasteiger partial charge in [-0.1, -0.05) is 109 Å². The zero-order valence-corrected chi connectivity index (χ0v) is 30.6. The van der Waals surface area contributed by atoms with Gasteiger partial charge < -0.3 is 9.13 Å². The molecule has 0 bridgehead atoms. The summed E-state index contributed by atoms with van der Waals surface area (Å²) in [6.07, 6.45) is 0. The van der Waals surface area contributed by atoms with Gasteiger partial charge in [-0.15, -0.1) is 0 Å². The van der Waals surface area contributed by atoms with Crippen molar-refractivity contribution < 1.29 is 0 Å². The first kappa shape index (κ1) is 31.1. The van der Waals surface area contributed by atoms with Gasteiger partial charge in [-0.25, -0.2) is 0 Å². The van der Waals surface area contributed by atoms with Crippen molar-refractivity contribution in [3.63, 3.8) is 0 Å². The third-order valence-corrected chi connectivity index (χ3v) is 16.5. The molecule has 0 aliphatic carbocycles. The van der Waals surface area contributed by atoms with Crippen molar-refractivity contribution in [1.82, 2.24) is 9.13 Å². The number of fused-ring (bicyclic) bond motifs is 9. The molecule has 0 amide bonds. The highest BCUT2D eigenvalue weighted by Gasteiger charge is 2.48. The molecule has 0 atom stereocenters. The highest BCUT2D eigenvalue weighted by atomic mass is 28.3. The maximum absolute atomic E-state index is 9.79. The zero-order chi connectivity index (χ0) is 36.7. The number of benzene rings is 8. The molecular weight excluding hydrogens is 685 g/mol. The van der Waals surface area contributed by atoms with E-state index in [1.165, 1.54) is 31.9 Å². The number of nitriles is 2. The Balaban J connectivity index is 1.21. The Hall–Kier alpha value is -7.44. The van der Waals surface area contributed by atoms with E-state index in [9.17, 15) is 10.5 Å². The molecule has 4 nitrogen and oxygen atoms in total. The SMILES string of the molecule is N#Cc1ccc2c(c1)c1ccccc1n2-c1cccc([Si]2(c3cccc(-n4c5ccccc5c5cc(C#N)ccc54)c3)c3ccccc3-c3ccccc32)c1. The number of nitrogens with zero attached hydrogens (tertiary/aromatic N) is 4. The van der Waals surface area contributed by atoms with Crippen molar-refractivity contribution in [2.75, 3.05) is 0 Å². The lowest BCUT2D eigenvalue weighted by atomic mass is 10.1. The van der Waals surface area contributed by atoms with Crippen molar-refractivity contribution in [2.24, 2.45) is 0 Å². The van der Waals surface area contributed by atoms with Crippen LogP contribution >= 0.6 is 0 Å². The van der Waals surface area contributed by atoms with Crippen molar-refractivity contribution in [2.45, 2.75) is 0 Å². The van der Waals surface area contributed by atoms with E-state index in [0.717, 1.165) is 55.0 Å². The van der Waals surface area contributed by atoms with Crippen LogP contribution in [0.4, 0.5) is 0 Å². The smallest absolute Gasteiger partial charge is 0.181 e. The van der Waals surface area contributed by atoms with Crippen LogP contribution in [0.3, 0.4) is 0 Å². The molecule has 55 heavy (non-hydrogen) atoms. The number of rotatable bonds is 4. The molecule has 0 saturated heterocycles. The Morgan fingerprint density at radius 1 is 0.364 bits per heavy atom. The van der Waals surface area contributed by atoms with Crippen LogP contribution in [0.1, 0.15) is 11.1 Å². The van der Waals surface area contributed by atoms with Gasteiger partial charge in [0.05, 0.1) is 45.3 Å². The monoisotopic (exact) mass is 714 g/mol. The van der Waals surface area contributed by atoms with Gasteiger partial charge in [0.15, 0.2) is 8.07 Å². The number of hydrogen-bond acceptors (Lipinski definition) is 2. The Morgan fingerprint density at radius 2 is 0.782 bits per heavy atom. The zero-order valence-electron chi connectivity index (χ0n) is 29.6. The molecular formula is C50H30N4Si. The quantitative estimate of drug-likeness (QED) is 0.171. The first-order valence-corrected chi connectivity index (χ1v) is 20.5. The Bertz CT molecular complexity index is 3090. The van der Waals surface area contributed by atoms with Crippen molar-refractivity contribution >= 4 is 72.4 Å².